The van der Waals surface area contributed by atoms with Crippen LogP contribution in [0.1, 0.15) is 41.0 Å². The summed E-state index contributed by atoms with van der Waals surface area (Å²) in [7, 11) is 0. The van der Waals surface area contributed by atoms with Gasteiger partial charge in [-0.3, -0.25) is 9.59 Å². The summed E-state index contributed by atoms with van der Waals surface area (Å²) in [5.41, 5.74) is 2.52. The number of carbonyl (C=O) groups excluding carboxylic acids is 1. The highest BCUT2D eigenvalue weighted by Gasteiger charge is 2.24. The first-order valence-corrected chi connectivity index (χ1v) is 8.67. The first-order chi connectivity index (χ1) is 11.1. The zero-order valence-electron chi connectivity index (χ0n) is 13.1. The van der Waals surface area contributed by atoms with E-state index in [1.807, 2.05) is 37.3 Å². The Morgan fingerprint density at radius 3 is 2.65 bits per heavy atom. The van der Waals surface area contributed by atoms with Gasteiger partial charge in [0.05, 0.1) is 4.47 Å². The second-order valence-corrected chi connectivity index (χ2v) is 6.63. The Kier molecular flexibility index (Phi) is 4.66. The number of aromatic nitrogens is 1. The van der Waals surface area contributed by atoms with Gasteiger partial charge in [0.1, 0.15) is 5.56 Å². The molecule has 3 rings (SSSR count). The maximum atomic E-state index is 12.7. The monoisotopic (exact) mass is 374 g/mol. The molecule has 0 atom stereocenters. The highest BCUT2D eigenvalue weighted by Crippen LogP contribution is 2.23. The van der Waals surface area contributed by atoms with Crippen molar-refractivity contribution in [2.24, 2.45) is 0 Å². The predicted molar refractivity (Wildman–Crippen MR) is 95.1 cm³/mol. The minimum Gasteiger partial charge on any atom is -0.347 e. The van der Waals surface area contributed by atoms with Crippen LogP contribution in [0.15, 0.2) is 39.6 Å². The molecule has 0 aliphatic carbocycles. The largest absolute Gasteiger partial charge is 0.347 e. The van der Waals surface area contributed by atoms with Crippen molar-refractivity contribution >= 4 is 27.5 Å². The zero-order valence-corrected chi connectivity index (χ0v) is 14.6. The third-order valence-electron chi connectivity index (χ3n) is 4.32. The van der Waals surface area contributed by atoms with E-state index >= 15 is 0 Å². The highest BCUT2D eigenvalue weighted by molar-refractivity contribution is 9.10. The van der Waals surface area contributed by atoms with Gasteiger partial charge in [0, 0.05) is 23.6 Å². The topological polar surface area (TPSA) is 51.1 Å². The first kappa shape index (κ1) is 16.0. The van der Waals surface area contributed by atoms with E-state index in [-0.39, 0.29) is 16.9 Å². The Hall–Kier alpha value is -1.88. The number of benzene rings is 1. The fraction of sp³-hybridized carbons (Fsp3) is 0.333. The number of hydrogen-bond acceptors (Lipinski definition) is 2. The van der Waals surface area contributed by atoms with Crippen LogP contribution in [0.4, 0.5) is 5.69 Å². The van der Waals surface area contributed by atoms with Crippen molar-refractivity contribution in [2.75, 3.05) is 5.32 Å². The summed E-state index contributed by atoms with van der Waals surface area (Å²) >= 11 is 3.37. The molecule has 0 radical (unpaired) electrons. The molecule has 0 bridgehead atoms. The lowest BCUT2D eigenvalue weighted by atomic mass is 10.1. The Morgan fingerprint density at radius 1 is 1.17 bits per heavy atom. The van der Waals surface area contributed by atoms with Gasteiger partial charge < -0.3 is 9.88 Å². The second-order valence-electron chi connectivity index (χ2n) is 5.83. The molecule has 1 aromatic heterocycles. The van der Waals surface area contributed by atoms with Crippen molar-refractivity contribution in [3.8, 4) is 0 Å². The zero-order chi connectivity index (χ0) is 16.4. The highest BCUT2D eigenvalue weighted by atomic mass is 79.9. The summed E-state index contributed by atoms with van der Waals surface area (Å²) in [5.74, 6) is -0.326. The van der Waals surface area contributed by atoms with E-state index in [1.54, 1.807) is 0 Å². The third kappa shape index (κ3) is 3.11. The van der Waals surface area contributed by atoms with Crippen LogP contribution in [0, 0.1) is 6.92 Å². The standard InChI is InChI=1S/C18H19BrN2O2/c1-12-16(19)17(22)15(14-10-6-3-7-11-21(12)14)18(23)20-13-8-4-2-5-9-13/h2,4-5,8-9H,3,6-7,10-11H2,1H3,(H,20,23). The van der Waals surface area contributed by atoms with E-state index in [2.05, 4.69) is 25.8 Å². The van der Waals surface area contributed by atoms with E-state index < -0.39 is 0 Å². The molecule has 0 fully saturated rings. The lowest BCUT2D eigenvalue weighted by Crippen LogP contribution is -2.29. The number of fused-ring (bicyclic) bond motifs is 1. The van der Waals surface area contributed by atoms with Crippen LogP contribution in [-0.4, -0.2) is 10.5 Å². The minimum absolute atomic E-state index is 0.218. The van der Waals surface area contributed by atoms with Gasteiger partial charge >= 0.3 is 0 Å². The number of hydrogen-bond donors (Lipinski definition) is 1. The summed E-state index contributed by atoms with van der Waals surface area (Å²) in [5, 5.41) is 2.84. The number of anilines is 1. The second kappa shape index (κ2) is 6.71. The fourth-order valence-corrected chi connectivity index (χ4v) is 3.52. The molecule has 5 heteroatoms. The molecule has 0 unspecified atom stereocenters. The number of nitrogens with zero attached hydrogens (tertiary/aromatic N) is 1. The van der Waals surface area contributed by atoms with E-state index in [0.29, 0.717) is 10.2 Å². The van der Waals surface area contributed by atoms with Crippen LogP contribution in [0.2, 0.25) is 0 Å². The van der Waals surface area contributed by atoms with Crippen LogP contribution < -0.4 is 10.7 Å². The molecule has 2 heterocycles. The summed E-state index contributed by atoms with van der Waals surface area (Å²) in [4.78, 5) is 25.4. The maximum absolute atomic E-state index is 12.7. The molecular weight excluding hydrogens is 356 g/mol. The van der Waals surface area contributed by atoms with Crippen molar-refractivity contribution < 1.29 is 4.79 Å². The molecule has 120 valence electrons. The van der Waals surface area contributed by atoms with Crippen molar-refractivity contribution in [2.45, 2.75) is 39.2 Å². The Bertz CT molecular complexity index is 797. The minimum atomic E-state index is -0.326. The first-order valence-electron chi connectivity index (χ1n) is 7.87. The fourth-order valence-electron chi connectivity index (χ4n) is 3.11. The average Bonchev–Trinajstić information content (AvgIpc) is 2.80. The summed E-state index contributed by atoms with van der Waals surface area (Å²) in [6.45, 7) is 2.78. The van der Waals surface area contributed by atoms with Crippen molar-refractivity contribution in [1.82, 2.24) is 4.57 Å². The summed E-state index contributed by atoms with van der Waals surface area (Å²) in [6, 6.07) is 9.23. The number of halogens is 1. The molecule has 0 spiro atoms. The van der Waals surface area contributed by atoms with E-state index in [9.17, 15) is 9.59 Å². The van der Waals surface area contributed by atoms with Crippen molar-refractivity contribution in [3.05, 3.63) is 62.0 Å². The quantitative estimate of drug-likeness (QED) is 0.866. The Morgan fingerprint density at radius 2 is 1.91 bits per heavy atom. The van der Waals surface area contributed by atoms with Crippen molar-refractivity contribution in [3.63, 3.8) is 0 Å². The van der Waals surface area contributed by atoms with Gasteiger partial charge in [-0.05, 0) is 54.2 Å². The van der Waals surface area contributed by atoms with Crippen LogP contribution in [0.25, 0.3) is 0 Å². The molecule has 1 aromatic carbocycles. The molecule has 23 heavy (non-hydrogen) atoms. The van der Waals surface area contributed by atoms with Gasteiger partial charge in [0.2, 0.25) is 5.43 Å². The third-order valence-corrected chi connectivity index (χ3v) is 5.25. The molecule has 2 aromatic rings. The number of carbonyl (C=O) groups is 1. The molecule has 1 aliphatic rings. The molecule has 1 amide bonds. The van der Waals surface area contributed by atoms with Gasteiger partial charge in [0.15, 0.2) is 0 Å². The van der Waals surface area contributed by atoms with Crippen LogP contribution in [0.5, 0.6) is 0 Å². The van der Waals surface area contributed by atoms with E-state index in [4.69, 9.17) is 0 Å². The lowest BCUT2D eigenvalue weighted by Gasteiger charge is -2.19. The predicted octanol–water partition coefficient (Wildman–Crippen LogP) is 3.90. The number of amides is 1. The van der Waals surface area contributed by atoms with Crippen LogP contribution >= 0.6 is 15.9 Å². The van der Waals surface area contributed by atoms with Gasteiger partial charge in [-0.2, -0.15) is 0 Å². The number of nitrogens with one attached hydrogen (secondary N) is 1. The molecule has 0 saturated heterocycles. The number of para-hydroxylation sites is 1. The van der Waals surface area contributed by atoms with E-state index in [1.165, 1.54) is 0 Å². The van der Waals surface area contributed by atoms with Gasteiger partial charge in [-0.25, -0.2) is 0 Å². The van der Waals surface area contributed by atoms with Crippen LogP contribution in [0.3, 0.4) is 0 Å². The normalized spacial score (nSPS) is 14.0. The smallest absolute Gasteiger partial charge is 0.261 e. The average molecular weight is 375 g/mol. The van der Waals surface area contributed by atoms with Gasteiger partial charge in [0.25, 0.3) is 5.91 Å². The van der Waals surface area contributed by atoms with Crippen LogP contribution in [-0.2, 0) is 13.0 Å². The molecule has 1 N–H and O–H groups in total. The number of rotatable bonds is 2. The molecule has 4 nitrogen and oxygen atoms in total. The molecule has 0 saturated carbocycles. The SMILES string of the molecule is Cc1c(Br)c(=O)c(C(=O)Nc2ccccc2)c2n1CCCCC2. The molecule has 1 aliphatic heterocycles. The van der Waals surface area contributed by atoms with Gasteiger partial charge in [-0.1, -0.05) is 24.6 Å². The lowest BCUT2D eigenvalue weighted by molar-refractivity contribution is 0.102. The maximum Gasteiger partial charge on any atom is 0.261 e. The summed E-state index contributed by atoms with van der Waals surface area (Å²) in [6.07, 6.45) is 3.96. The number of pyridine rings is 1. The molecular formula is C18H19BrN2O2. The van der Waals surface area contributed by atoms with Gasteiger partial charge in [-0.15, -0.1) is 0 Å². The van der Waals surface area contributed by atoms with Crippen molar-refractivity contribution in [1.29, 1.82) is 0 Å². The Labute approximate surface area is 143 Å². The van der Waals surface area contributed by atoms with E-state index in [0.717, 1.165) is 43.6 Å². The Balaban J connectivity index is 2.09. The summed E-state index contributed by atoms with van der Waals surface area (Å²) < 4.78 is 2.61.